The molecule has 2 aromatic carbocycles. The van der Waals surface area contributed by atoms with Crippen LogP contribution in [0.25, 0.3) is 0 Å². The summed E-state index contributed by atoms with van der Waals surface area (Å²) in [6.07, 6.45) is 0.675. The van der Waals surface area contributed by atoms with Crippen LogP contribution in [0.15, 0.2) is 42.5 Å². The third kappa shape index (κ3) is 2.76. The Hall–Kier alpha value is -2.69. The number of fused-ring (bicyclic) bond motifs is 1. The van der Waals surface area contributed by atoms with Gasteiger partial charge in [0.2, 0.25) is 0 Å². The maximum atomic E-state index is 12.0. The van der Waals surface area contributed by atoms with Crippen molar-refractivity contribution in [2.24, 2.45) is 0 Å². The molecule has 1 atom stereocenters. The molecule has 1 unspecified atom stereocenters. The molecule has 0 bridgehead atoms. The van der Waals surface area contributed by atoms with Crippen molar-refractivity contribution in [3.63, 3.8) is 0 Å². The number of ether oxygens (including phenoxy) is 1. The fourth-order valence-electron chi connectivity index (χ4n) is 2.34. The third-order valence-corrected chi connectivity index (χ3v) is 3.44. The Balaban J connectivity index is 1.59. The number of amides is 1. The van der Waals surface area contributed by atoms with Gasteiger partial charge in [-0.2, -0.15) is 0 Å². The van der Waals surface area contributed by atoms with Crippen LogP contribution < -0.4 is 10.1 Å². The SMILES string of the molecule is O=C(NCC1Cc2ccccc2O1)c1ccc(O)c(O)c1. The molecule has 1 aliphatic heterocycles. The van der Waals surface area contributed by atoms with Crippen molar-refractivity contribution >= 4 is 5.91 Å². The monoisotopic (exact) mass is 285 g/mol. The molecule has 1 heterocycles. The van der Waals surface area contributed by atoms with Crippen LogP contribution in [0.1, 0.15) is 15.9 Å². The molecule has 0 spiro atoms. The third-order valence-electron chi connectivity index (χ3n) is 3.44. The number of carbonyl (C=O) groups excluding carboxylic acids is 1. The predicted octanol–water partition coefficient (Wildman–Crippen LogP) is 1.83. The van der Waals surface area contributed by atoms with Crippen LogP contribution in [0.4, 0.5) is 0 Å². The van der Waals surface area contributed by atoms with E-state index < -0.39 is 0 Å². The Labute approximate surface area is 121 Å². The second kappa shape index (κ2) is 5.36. The molecule has 21 heavy (non-hydrogen) atoms. The molecular weight excluding hydrogens is 270 g/mol. The van der Waals surface area contributed by atoms with E-state index in [1.807, 2.05) is 24.3 Å². The average Bonchev–Trinajstić information content (AvgIpc) is 2.90. The first kappa shape index (κ1) is 13.3. The Bertz CT molecular complexity index is 659. The topological polar surface area (TPSA) is 78.8 Å². The van der Waals surface area contributed by atoms with Gasteiger partial charge >= 0.3 is 0 Å². The van der Waals surface area contributed by atoms with Gasteiger partial charge in [0.25, 0.3) is 5.91 Å². The van der Waals surface area contributed by atoms with E-state index in [9.17, 15) is 15.0 Å². The van der Waals surface area contributed by atoms with Gasteiger partial charge in [-0.15, -0.1) is 0 Å². The number of phenolic OH excluding ortho intramolecular Hbond substituents is 2. The smallest absolute Gasteiger partial charge is 0.251 e. The number of phenols is 2. The van der Waals surface area contributed by atoms with Gasteiger partial charge in [-0.3, -0.25) is 4.79 Å². The van der Waals surface area contributed by atoms with E-state index in [1.165, 1.54) is 18.2 Å². The summed E-state index contributed by atoms with van der Waals surface area (Å²) in [6.45, 7) is 0.384. The molecule has 3 N–H and O–H groups in total. The first-order chi connectivity index (χ1) is 10.1. The van der Waals surface area contributed by atoms with E-state index >= 15 is 0 Å². The van der Waals surface area contributed by atoms with E-state index in [2.05, 4.69) is 5.32 Å². The van der Waals surface area contributed by atoms with Crippen molar-refractivity contribution in [1.29, 1.82) is 0 Å². The summed E-state index contributed by atoms with van der Waals surface area (Å²) in [7, 11) is 0. The lowest BCUT2D eigenvalue weighted by Gasteiger charge is -2.12. The second-order valence-corrected chi connectivity index (χ2v) is 4.97. The van der Waals surface area contributed by atoms with Crippen LogP contribution in [0.3, 0.4) is 0 Å². The molecule has 108 valence electrons. The van der Waals surface area contributed by atoms with Crippen LogP contribution >= 0.6 is 0 Å². The van der Waals surface area contributed by atoms with Crippen molar-refractivity contribution in [3.8, 4) is 17.2 Å². The summed E-state index contributed by atoms with van der Waals surface area (Å²) in [6, 6.07) is 11.8. The number of benzene rings is 2. The molecule has 0 aliphatic carbocycles. The number of nitrogens with one attached hydrogen (secondary N) is 1. The normalized spacial score (nSPS) is 16.1. The van der Waals surface area contributed by atoms with Gasteiger partial charge in [-0.25, -0.2) is 0 Å². The zero-order chi connectivity index (χ0) is 14.8. The predicted molar refractivity (Wildman–Crippen MR) is 76.7 cm³/mol. The summed E-state index contributed by atoms with van der Waals surface area (Å²) >= 11 is 0. The maximum Gasteiger partial charge on any atom is 0.251 e. The van der Waals surface area contributed by atoms with E-state index in [1.54, 1.807) is 0 Å². The Kier molecular flexibility index (Phi) is 3.39. The molecule has 0 fully saturated rings. The highest BCUT2D eigenvalue weighted by Crippen LogP contribution is 2.28. The van der Waals surface area contributed by atoms with Gasteiger partial charge in [0.1, 0.15) is 11.9 Å². The number of hydrogen-bond acceptors (Lipinski definition) is 4. The first-order valence-electron chi connectivity index (χ1n) is 6.68. The Morgan fingerprint density at radius 3 is 2.76 bits per heavy atom. The van der Waals surface area contributed by atoms with E-state index in [0.717, 1.165) is 17.7 Å². The minimum atomic E-state index is -0.315. The van der Waals surface area contributed by atoms with Crippen LogP contribution in [0.5, 0.6) is 17.2 Å². The lowest BCUT2D eigenvalue weighted by Crippen LogP contribution is -2.34. The quantitative estimate of drug-likeness (QED) is 0.752. The van der Waals surface area contributed by atoms with Gasteiger partial charge in [-0.05, 0) is 29.8 Å². The van der Waals surface area contributed by atoms with E-state index in [0.29, 0.717) is 12.1 Å². The molecule has 0 radical (unpaired) electrons. The molecule has 0 saturated heterocycles. The van der Waals surface area contributed by atoms with Crippen molar-refractivity contribution in [2.45, 2.75) is 12.5 Å². The van der Waals surface area contributed by atoms with Crippen LogP contribution in [-0.2, 0) is 6.42 Å². The molecule has 5 nitrogen and oxygen atoms in total. The molecule has 0 saturated carbocycles. The lowest BCUT2D eigenvalue weighted by molar-refractivity contribution is 0.0933. The number of aromatic hydroxyl groups is 2. The lowest BCUT2D eigenvalue weighted by atomic mass is 10.1. The fraction of sp³-hybridized carbons (Fsp3) is 0.188. The molecule has 1 amide bonds. The minimum absolute atomic E-state index is 0.0861. The molecule has 1 aliphatic rings. The maximum absolute atomic E-state index is 12.0. The van der Waals surface area contributed by atoms with E-state index in [4.69, 9.17) is 4.74 Å². The summed E-state index contributed by atoms with van der Waals surface area (Å²) in [5, 5.41) is 21.4. The van der Waals surface area contributed by atoms with Crippen molar-refractivity contribution < 1.29 is 19.7 Å². The standard InChI is InChI=1S/C16H15NO4/c18-13-6-5-11(8-14(13)19)16(20)17-9-12-7-10-3-1-2-4-15(10)21-12/h1-6,8,12,18-19H,7,9H2,(H,17,20). The van der Waals surface area contributed by atoms with Crippen molar-refractivity contribution in [2.75, 3.05) is 6.54 Å². The fourth-order valence-corrected chi connectivity index (χ4v) is 2.34. The highest BCUT2D eigenvalue weighted by molar-refractivity contribution is 5.94. The van der Waals surface area contributed by atoms with Crippen molar-refractivity contribution in [3.05, 3.63) is 53.6 Å². The van der Waals surface area contributed by atoms with E-state index in [-0.39, 0.29) is 23.5 Å². The molecule has 5 heteroatoms. The van der Waals surface area contributed by atoms with Crippen molar-refractivity contribution in [1.82, 2.24) is 5.32 Å². The van der Waals surface area contributed by atoms with Gasteiger partial charge in [0.05, 0.1) is 6.54 Å². The number of para-hydroxylation sites is 1. The van der Waals surface area contributed by atoms with Gasteiger partial charge in [0, 0.05) is 12.0 Å². The molecular formula is C16H15NO4. The zero-order valence-electron chi connectivity index (χ0n) is 11.2. The number of carbonyl (C=O) groups is 1. The largest absolute Gasteiger partial charge is 0.504 e. The first-order valence-corrected chi connectivity index (χ1v) is 6.68. The molecule has 3 rings (SSSR count). The highest BCUT2D eigenvalue weighted by atomic mass is 16.5. The zero-order valence-corrected chi connectivity index (χ0v) is 11.2. The highest BCUT2D eigenvalue weighted by Gasteiger charge is 2.22. The summed E-state index contributed by atoms with van der Waals surface area (Å²) in [5.74, 6) is -0.0165. The van der Waals surface area contributed by atoms with Gasteiger partial charge in [-0.1, -0.05) is 18.2 Å². The van der Waals surface area contributed by atoms with Crippen LogP contribution in [0, 0.1) is 0 Å². The van der Waals surface area contributed by atoms with Gasteiger partial charge < -0.3 is 20.3 Å². The molecule has 2 aromatic rings. The number of rotatable bonds is 3. The second-order valence-electron chi connectivity index (χ2n) is 4.97. The minimum Gasteiger partial charge on any atom is -0.504 e. The summed E-state index contributed by atoms with van der Waals surface area (Å²) < 4.78 is 5.73. The Morgan fingerprint density at radius 1 is 1.19 bits per heavy atom. The van der Waals surface area contributed by atoms with Gasteiger partial charge in [0.15, 0.2) is 11.5 Å². The summed E-state index contributed by atoms with van der Waals surface area (Å²) in [5.41, 5.74) is 1.43. The average molecular weight is 285 g/mol. The van der Waals surface area contributed by atoms with Crippen LogP contribution in [-0.4, -0.2) is 28.8 Å². The summed E-state index contributed by atoms with van der Waals surface area (Å²) in [4.78, 5) is 12.0. The van der Waals surface area contributed by atoms with Crippen LogP contribution in [0.2, 0.25) is 0 Å². The Morgan fingerprint density at radius 2 is 2.00 bits per heavy atom. The molecule has 0 aromatic heterocycles. The number of hydrogen-bond donors (Lipinski definition) is 3.